The van der Waals surface area contributed by atoms with Crippen LogP contribution >= 0.6 is 0 Å². The van der Waals surface area contributed by atoms with Crippen LogP contribution in [0.3, 0.4) is 0 Å². The lowest BCUT2D eigenvalue weighted by Gasteiger charge is -2.31. The van der Waals surface area contributed by atoms with Crippen molar-refractivity contribution >= 4 is 0 Å². The van der Waals surface area contributed by atoms with Crippen LogP contribution in [0.5, 0.6) is 11.5 Å². The monoisotopic (exact) mass is 550 g/mol. The molecule has 1 fully saturated rings. The van der Waals surface area contributed by atoms with Gasteiger partial charge in [-0.3, -0.25) is 0 Å². The first-order chi connectivity index (χ1) is 19.7. The molecule has 1 heterocycles. The van der Waals surface area contributed by atoms with Crippen LogP contribution in [0, 0.1) is 0 Å². The molecule has 1 aliphatic heterocycles. The highest BCUT2D eigenvalue weighted by Crippen LogP contribution is 2.45. The van der Waals surface area contributed by atoms with Crippen molar-refractivity contribution in [2.75, 3.05) is 19.8 Å². The highest BCUT2D eigenvalue weighted by Gasteiger charge is 2.40. The van der Waals surface area contributed by atoms with Crippen LogP contribution < -0.4 is 9.47 Å². The standard InChI is InChI=1S/C28H30O4.4C2H6/c1-2-24(29)17-30-25-11-7-22(8-12-25)28(15-20-5-3-4-6-21(20)16-28)23-9-13-26(14-10-23)31-18-27-19-32-27;4*1-2/h3-14,24,27,29H,2,15-19H2,1H3;4*1-2H3. The molecule has 0 radical (unpaired) electrons. The normalized spacial score (nSPS) is 16.0. The van der Waals surface area contributed by atoms with Crippen LogP contribution in [-0.4, -0.2) is 37.1 Å². The van der Waals surface area contributed by atoms with Gasteiger partial charge in [0.1, 0.15) is 30.8 Å². The third-order valence-corrected chi connectivity index (χ3v) is 6.67. The summed E-state index contributed by atoms with van der Waals surface area (Å²) in [6.45, 7) is 19.7. The fourth-order valence-corrected chi connectivity index (χ4v) is 4.59. The van der Waals surface area contributed by atoms with Gasteiger partial charge in [-0.15, -0.1) is 0 Å². The molecule has 4 nitrogen and oxygen atoms in total. The van der Waals surface area contributed by atoms with Crippen molar-refractivity contribution in [3.05, 3.63) is 95.1 Å². The van der Waals surface area contributed by atoms with Crippen LogP contribution in [0.2, 0.25) is 0 Å². The van der Waals surface area contributed by atoms with Crippen LogP contribution in [0.15, 0.2) is 72.8 Å². The molecule has 222 valence electrons. The fourth-order valence-electron chi connectivity index (χ4n) is 4.59. The average molecular weight is 551 g/mol. The Morgan fingerprint density at radius 2 is 1.15 bits per heavy atom. The molecule has 2 atom stereocenters. The Bertz CT molecular complexity index is 1010. The number of aliphatic hydroxyl groups is 1. The molecule has 0 spiro atoms. The van der Waals surface area contributed by atoms with Gasteiger partial charge in [0.05, 0.1) is 12.7 Å². The van der Waals surface area contributed by atoms with Crippen LogP contribution in [0.25, 0.3) is 0 Å². The van der Waals surface area contributed by atoms with Crippen LogP contribution in [-0.2, 0) is 23.0 Å². The Kier molecular flexibility index (Phi) is 17.0. The van der Waals surface area contributed by atoms with Gasteiger partial charge in [0.25, 0.3) is 0 Å². The minimum absolute atomic E-state index is 0.122. The van der Waals surface area contributed by atoms with Crippen molar-refractivity contribution in [1.82, 2.24) is 0 Å². The van der Waals surface area contributed by atoms with E-state index < -0.39 is 6.10 Å². The summed E-state index contributed by atoms with van der Waals surface area (Å²) in [5.74, 6) is 1.67. The van der Waals surface area contributed by atoms with Gasteiger partial charge in [-0.25, -0.2) is 0 Å². The lowest BCUT2D eigenvalue weighted by Crippen LogP contribution is -2.28. The Hall–Kier alpha value is -2.82. The molecule has 0 amide bonds. The van der Waals surface area contributed by atoms with E-state index in [1.807, 2.05) is 74.4 Å². The summed E-state index contributed by atoms with van der Waals surface area (Å²) in [6.07, 6.45) is 2.44. The van der Waals surface area contributed by atoms with Crippen molar-refractivity contribution in [2.45, 2.75) is 99.2 Å². The van der Waals surface area contributed by atoms with E-state index in [0.717, 1.165) is 30.9 Å². The van der Waals surface area contributed by atoms with Crippen molar-refractivity contribution in [1.29, 1.82) is 0 Å². The lowest BCUT2D eigenvalue weighted by molar-refractivity contribution is 0.104. The zero-order chi connectivity index (χ0) is 30.0. The van der Waals surface area contributed by atoms with Gasteiger partial charge in [0, 0.05) is 5.41 Å². The number of fused-ring (bicyclic) bond motifs is 1. The first-order valence-corrected chi connectivity index (χ1v) is 15.5. The van der Waals surface area contributed by atoms with Crippen molar-refractivity contribution in [2.24, 2.45) is 0 Å². The van der Waals surface area contributed by atoms with Gasteiger partial charge in [-0.05, 0) is 65.8 Å². The van der Waals surface area contributed by atoms with Gasteiger partial charge in [-0.2, -0.15) is 0 Å². The molecule has 0 bridgehead atoms. The number of aliphatic hydroxyl groups excluding tert-OH is 1. The number of rotatable bonds is 9. The molecule has 3 aromatic carbocycles. The maximum atomic E-state index is 9.79. The topological polar surface area (TPSA) is 51.2 Å². The van der Waals surface area contributed by atoms with E-state index in [0.29, 0.717) is 19.6 Å². The SMILES string of the molecule is CC.CC.CC.CC.CCC(O)COc1ccc(C2(c3ccc(OCC4CO4)cc3)Cc3ccccc3C2)cc1. The number of epoxide rings is 1. The lowest BCUT2D eigenvalue weighted by atomic mass is 9.72. The second-order valence-electron chi connectivity index (χ2n) is 8.89. The minimum Gasteiger partial charge on any atom is -0.491 e. The van der Waals surface area contributed by atoms with Crippen molar-refractivity contribution in [3.8, 4) is 11.5 Å². The second-order valence-corrected chi connectivity index (χ2v) is 8.89. The summed E-state index contributed by atoms with van der Waals surface area (Å²) in [6, 6.07) is 25.7. The molecule has 5 rings (SSSR count). The molecular weight excluding hydrogens is 496 g/mol. The van der Waals surface area contributed by atoms with Gasteiger partial charge in [0.2, 0.25) is 0 Å². The smallest absolute Gasteiger partial charge is 0.119 e. The highest BCUT2D eigenvalue weighted by atomic mass is 16.6. The largest absolute Gasteiger partial charge is 0.491 e. The summed E-state index contributed by atoms with van der Waals surface area (Å²) in [7, 11) is 0. The molecule has 4 heteroatoms. The van der Waals surface area contributed by atoms with E-state index in [-0.39, 0.29) is 11.5 Å². The maximum absolute atomic E-state index is 9.79. The summed E-state index contributed by atoms with van der Waals surface area (Å²) < 4.78 is 16.9. The maximum Gasteiger partial charge on any atom is 0.119 e. The average Bonchev–Trinajstić information content (AvgIpc) is 3.80. The Morgan fingerprint density at radius 1 is 0.725 bits per heavy atom. The number of hydrogen-bond acceptors (Lipinski definition) is 4. The Morgan fingerprint density at radius 3 is 1.55 bits per heavy atom. The third-order valence-electron chi connectivity index (χ3n) is 6.67. The zero-order valence-electron chi connectivity index (χ0n) is 26.5. The molecule has 1 N–H and O–H groups in total. The second kappa shape index (κ2) is 19.3. The molecule has 1 aliphatic carbocycles. The van der Waals surface area contributed by atoms with E-state index in [1.54, 1.807) is 0 Å². The number of benzene rings is 3. The third kappa shape index (κ3) is 9.67. The van der Waals surface area contributed by atoms with Gasteiger partial charge in [0.15, 0.2) is 0 Å². The molecule has 40 heavy (non-hydrogen) atoms. The number of hydrogen-bond donors (Lipinski definition) is 1. The van der Waals surface area contributed by atoms with E-state index >= 15 is 0 Å². The van der Waals surface area contributed by atoms with Gasteiger partial charge in [-0.1, -0.05) is 111 Å². The fraction of sp³-hybridized carbons (Fsp3) is 0.500. The molecule has 3 aromatic rings. The summed E-state index contributed by atoms with van der Waals surface area (Å²) in [5.41, 5.74) is 5.26. The van der Waals surface area contributed by atoms with Crippen LogP contribution in [0.4, 0.5) is 0 Å². The minimum atomic E-state index is -0.433. The van der Waals surface area contributed by atoms with Crippen molar-refractivity contribution in [3.63, 3.8) is 0 Å². The predicted molar refractivity (Wildman–Crippen MR) is 170 cm³/mol. The Balaban J connectivity index is 0.000000921. The quantitative estimate of drug-likeness (QED) is 0.271. The first-order valence-electron chi connectivity index (χ1n) is 15.5. The zero-order valence-corrected chi connectivity index (χ0v) is 26.5. The van der Waals surface area contributed by atoms with Crippen LogP contribution in [0.1, 0.15) is 91.0 Å². The number of ether oxygens (including phenoxy) is 3. The molecule has 0 aromatic heterocycles. The van der Waals surface area contributed by atoms with Gasteiger partial charge < -0.3 is 19.3 Å². The van der Waals surface area contributed by atoms with E-state index in [4.69, 9.17) is 14.2 Å². The van der Waals surface area contributed by atoms with Gasteiger partial charge >= 0.3 is 0 Å². The summed E-state index contributed by atoms with van der Waals surface area (Å²) in [5, 5.41) is 9.79. The van der Waals surface area contributed by atoms with E-state index in [9.17, 15) is 5.11 Å². The van der Waals surface area contributed by atoms with E-state index in [1.165, 1.54) is 22.3 Å². The van der Waals surface area contributed by atoms with E-state index in [2.05, 4.69) is 60.7 Å². The molecule has 0 saturated carbocycles. The predicted octanol–water partition coefficient (Wildman–Crippen LogP) is 8.80. The summed E-state index contributed by atoms with van der Waals surface area (Å²) >= 11 is 0. The molecule has 2 aliphatic rings. The molecular formula is C36H54O4. The Labute approximate surface area is 244 Å². The summed E-state index contributed by atoms with van der Waals surface area (Å²) in [4.78, 5) is 0. The molecule has 1 saturated heterocycles. The molecule has 2 unspecified atom stereocenters. The van der Waals surface area contributed by atoms with Crippen molar-refractivity contribution < 1.29 is 19.3 Å². The first kappa shape index (κ1) is 35.2. The highest BCUT2D eigenvalue weighted by molar-refractivity contribution is 5.51.